The second-order valence-corrected chi connectivity index (χ2v) is 4.53. The van der Waals surface area contributed by atoms with Gasteiger partial charge in [-0.05, 0) is 14.0 Å². The van der Waals surface area contributed by atoms with E-state index >= 15 is 0 Å². The Morgan fingerprint density at radius 2 is 2.19 bits per heavy atom. The molecule has 0 bridgehead atoms. The average Bonchev–Trinajstić information content (AvgIpc) is 2.30. The van der Waals surface area contributed by atoms with Gasteiger partial charge in [0.2, 0.25) is 5.91 Å². The van der Waals surface area contributed by atoms with Gasteiger partial charge in [0, 0.05) is 45.8 Å². The Bertz CT molecular complexity index is 234. The van der Waals surface area contributed by atoms with Crippen molar-refractivity contribution in [3.05, 3.63) is 0 Å². The zero-order chi connectivity index (χ0) is 12.1. The summed E-state index contributed by atoms with van der Waals surface area (Å²) >= 11 is 0. The molecule has 1 aliphatic heterocycles. The predicted molar refractivity (Wildman–Crippen MR) is 65.2 cm³/mol. The number of piperazine rings is 1. The molecular formula is C11H24N4O. The van der Waals surface area contributed by atoms with Gasteiger partial charge in [-0.25, -0.2) is 0 Å². The monoisotopic (exact) mass is 228 g/mol. The predicted octanol–water partition coefficient (Wildman–Crippen LogP) is -0.961. The summed E-state index contributed by atoms with van der Waals surface area (Å²) in [6, 6.07) is 0.313. The van der Waals surface area contributed by atoms with Gasteiger partial charge in [-0.15, -0.1) is 0 Å². The minimum atomic E-state index is 0.186. The van der Waals surface area contributed by atoms with E-state index < -0.39 is 0 Å². The first-order chi connectivity index (χ1) is 7.58. The van der Waals surface area contributed by atoms with Crippen molar-refractivity contribution in [3.63, 3.8) is 0 Å². The number of nitrogens with two attached hydrogens (primary N) is 1. The van der Waals surface area contributed by atoms with Crippen LogP contribution in [0, 0.1) is 0 Å². The van der Waals surface area contributed by atoms with Gasteiger partial charge in [0.1, 0.15) is 0 Å². The highest BCUT2D eigenvalue weighted by Gasteiger charge is 2.26. The lowest BCUT2D eigenvalue weighted by atomic mass is 10.1. The molecule has 1 saturated heterocycles. The number of carbonyl (C=O) groups excluding carboxylic acids is 1. The van der Waals surface area contributed by atoms with Crippen LogP contribution < -0.4 is 5.73 Å². The maximum atomic E-state index is 11.8. The topological polar surface area (TPSA) is 52.8 Å². The zero-order valence-corrected chi connectivity index (χ0v) is 10.6. The molecule has 0 radical (unpaired) electrons. The van der Waals surface area contributed by atoms with Crippen LogP contribution in [0.3, 0.4) is 0 Å². The molecule has 0 aromatic carbocycles. The fourth-order valence-electron chi connectivity index (χ4n) is 1.95. The van der Waals surface area contributed by atoms with Gasteiger partial charge in [-0.2, -0.15) is 0 Å². The van der Waals surface area contributed by atoms with Gasteiger partial charge < -0.3 is 15.5 Å². The number of amides is 1. The third-order valence-electron chi connectivity index (χ3n) is 3.32. The molecule has 5 nitrogen and oxygen atoms in total. The Hall–Kier alpha value is -0.650. The van der Waals surface area contributed by atoms with E-state index in [1.807, 2.05) is 14.0 Å². The van der Waals surface area contributed by atoms with Crippen LogP contribution in [0.5, 0.6) is 0 Å². The van der Waals surface area contributed by atoms with Crippen molar-refractivity contribution in [2.75, 3.05) is 53.4 Å². The van der Waals surface area contributed by atoms with Crippen molar-refractivity contribution in [2.45, 2.75) is 13.0 Å². The Kier molecular flexibility index (Phi) is 5.18. The van der Waals surface area contributed by atoms with E-state index in [1.165, 1.54) is 0 Å². The largest absolute Gasteiger partial charge is 0.345 e. The molecule has 1 aliphatic rings. The first kappa shape index (κ1) is 13.4. The van der Waals surface area contributed by atoms with E-state index in [1.54, 1.807) is 4.90 Å². The van der Waals surface area contributed by atoms with Crippen molar-refractivity contribution in [1.29, 1.82) is 0 Å². The van der Waals surface area contributed by atoms with Crippen LogP contribution in [0.1, 0.15) is 6.92 Å². The first-order valence-electron chi connectivity index (χ1n) is 5.95. The molecule has 2 N–H and O–H groups in total. The smallest absolute Gasteiger partial charge is 0.236 e. The number of nitrogens with zero attached hydrogens (tertiary/aromatic N) is 3. The summed E-state index contributed by atoms with van der Waals surface area (Å²) in [7, 11) is 3.94. The van der Waals surface area contributed by atoms with Gasteiger partial charge in [0.25, 0.3) is 0 Å². The standard InChI is InChI=1S/C11H24N4O/c1-4-14(3)11(16)9-15-6-5-13(2)8-10(15)7-12/h10H,4-9,12H2,1-3H3. The first-order valence-corrected chi connectivity index (χ1v) is 5.95. The molecule has 1 atom stereocenters. The Labute approximate surface area is 98.2 Å². The average molecular weight is 228 g/mol. The maximum absolute atomic E-state index is 11.8. The Morgan fingerprint density at radius 3 is 2.75 bits per heavy atom. The molecular weight excluding hydrogens is 204 g/mol. The Balaban J connectivity index is 2.49. The van der Waals surface area contributed by atoms with Crippen LogP contribution in [0.2, 0.25) is 0 Å². The summed E-state index contributed by atoms with van der Waals surface area (Å²) in [5.74, 6) is 0.186. The molecule has 94 valence electrons. The third kappa shape index (κ3) is 3.43. The second-order valence-electron chi connectivity index (χ2n) is 4.53. The molecule has 1 fully saturated rings. The fourth-order valence-corrected chi connectivity index (χ4v) is 1.95. The molecule has 0 spiro atoms. The van der Waals surface area contributed by atoms with Gasteiger partial charge in [-0.3, -0.25) is 9.69 Å². The highest BCUT2D eigenvalue weighted by atomic mass is 16.2. The lowest BCUT2D eigenvalue weighted by Gasteiger charge is -2.39. The summed E-state index contributed by atoms with van der Waals surface area (Å²) in [4.78, 5) is 18.0. The number of rotatable bonds is 4. The lowest BCUT2D eigenvalue weighted by Crippen LogP contribution is -2.57. The summed E-state index contributed by atoms with van der Waals surface area (Å²) in [5.41, 5.74) is 5.75. The molecule has 0 aromatic heterocycles. The van der Waals surface area contributed by atoms with Crippen molar-refractivity contribution in [1.82, 2.24) is 14.7 Å². The lowest BCUT2D eigenvalue weighted by molar-refractivity contribution is -0.132. The summed E-state index contributed by atoms with van der Waals surface area (Å²) in [6.07, 6.45) is 0. The highest BCUT2D eigenvalue weighted by molar-refractivity contribution is 5.78. The van der Waals surface area contributed by atoms with E-state index in [0.29, 0.717) is 19.1 Å². The normalized spacial score (nSPS) is 23.4. The number of hydrogen-bond donors (Lipinski definition) is 1. The van der Waals surface area contributed by atoms with Crippen LogP contribution in [0.25, 0.3) is 0 Å². The number of likely N-dealkylation sites (N-methyl/N-ethyl adjacent to an activating group) is 2. The van der Waals surface area contributed by atoms with Crippen LogP contribution >= 0.6 is 0 Å². The van der Waals surface area contributed by atoms with E-state index in [-0.39, 0.29) is 5.91 Å². The van der Waals surface area contributed by atoms with E-state index in [2.05, 4.69) is 16.8 Å². The fraction of sp³-hybridized carbons (Fsp3) is 0.909. The van der Waals surface area contributed by atoms with Crippen molar-refractivity contribution >= 4 is 5.91 Å². The molecule has 16 heavy (non-hydrogen) atoms. The molecule has 1 heterocycles. The summed E-state index contributed by atoms with van der Waals surface area (Å²) < 4.78 is 0. The quantitative estimate of drug-likeness (QED) is 0.673. The van der Waals surface area contributed by atoms with E-state index in [4.69, 9.17) is 5.73 Å². The maximum Gasteiger partial charge on any atom is 0.236 e. The summed E-state index contributed by atoms with van der Waals surface area (Å²) in [6.45, 7) is 6.77. The SMILES string of the molecule is CCN(C)C(=O)CN1CCN(C)CC1CN. The third-order valence-corrected chi connectivity index (χ3v) is 3.32. The van der Waals surface area contributed by atoms with Gasteiger partial charge in [0.05, 0.1) is 6.54 Å². The number of hydrogen-bond acceptors (Lipinski definition) is 4. The molecule has 5 heteroatoms. The molecule has 0 aromatic rings. The highest BCUT2D eigenvalue weighted by Crippen LogP contribution is 2.07. The minimum absolute atomic E-state index is 0.186. The molecule has 1 rings (SSSR count). The van der Waals surface area contributed by atoms with Gasteiger partial charge in [-0.1, -0.05) is 0 Å². The minimum Gasteiger partial charge on any atom is -0.345 e. The second kappa shape index (κ2) is 6.18. The van der Waals surface area contributed by atoms with Crippen molar-refractivity contribution < 1.29 is 4.79 Å². The molecule has 1 amide bonds. The van der Waals surface area contributed by atoms with Crippen LogP contribution in [-0.2, 0) is 4.79 Å². The van der Waals surface area contributed by atoms with Crippen LogP contribution in [0.15, 0.2) is 0 Å². The molecule has 0 aliphatic carbocycles. The number of carbonyl (C=O) groups is 1. The van der Waals surface area contributed by atoms with Crippen molar-refractivity contribution in [3.8, 4) is 0 Å². The molecule has 0 saturated carbocycles. The van der Waals surface area contributed by atoms with Gasteiger partial charge in [0.15, 0.2) is 0 Å². The van der Waals surface area contributed by atoms with Crippen LogP contribution in [-0.4, -0.2) is 80.0 Å². The van der Waals surface area contributed by atoms with Crippen LogP contribution in [0.4, 0.5) is 0 Å². The van der Waals surface area contributed by atoms with E-state index in [0.717, 1.165) is 26.2 Å². The Morgan fingerprint density at radius 1 is 1.50 bits per heavy atom. The molecule has 1 unspecified atom stereocenters. The van der Waals surface area contributed by atoms with E-state index in [9.17, 15) is 4.79 Å². The van der Waals surface area contributed by atoms with Crippen molar-refractivity contribution in [2.24, 2.45) is 5.73 Å². The van der Waals surface area contributed by atoms with Gasteiger partial charge >= 0.3 is 0 Å². The zero-order valence-electron chi connectivity index (χ0n) is 10.6. The summed E-state index contributed by atoms with van der Waals surface area (Å²) in [5, 5.41) is 0.